The smallest absolute Gasteiger partial charge is 0.374 e. The van der Waals surface area contributed by atoms with Gasteiger partial charge in [-0.05, 0) is 18.4 Å². The van der Waals surface area contributed by atoms with E-state index in [4.69, 9.17) is 14.4 Å². The number of carboxylic acids is 1. The molecule has 132 valence electrons. The van der Waals surface area contributed by atoms with E-state index >= 15 is 0 Å². The Morgan fingerprint density at radius 2 is 1.96 bits per heavy atom. The van der Waals surface area contributed by atoms with Crippen LogP contribution in [0.15, 0.2) is 40.9 Å². The number of aromatic carboxylic acids is 1. The number of ether oxygens (including phenoxy) is 1. The van der Waals surface area contributed by atoms with Crippen LogP contribution in [-0.4, -0.2) is 47.2 Å². The Kier molecular flexibility index (Phi) is 5.14. The monoisotopic (exact) mass is 344 g/mol. The molecule has 1 atom stereocenters. The van der Waals surface area contributed by atoms with E-state index in [1.165, 1.54) is 13.2 Å². The molecule has 0 spiro atoms. The van der Waals surface area contributed by atoms with Gasteiger partial charge < -0.3 is 19.3 Å². The van der Waals surface area contributed by atoms with Gasteiger partial charge in [0, 0.05) is 32.2 Å². The van der Waals surface area contributed by atoms with Crippen molar-refractivity contribution in [3.63, 3.8) is 0 Å². The molecule has 1 saturated heterocycles. The largest absolute Gasteiger partial charge is 0.475 e. The molecule has 1 aromatic heterocycles. The molecule has 1 amide bonds. The molecule has 0 saturated carbocycles. The zero-order valence-electron chi connectivity index (χ0n) is 13.9. The van der Waals surface area contributed by atoms with Crippen molar-refractivity contribution in [2.24, 2.45) is 0 Å². The average Bonchev–Trinajstić information content (AvgIpc) is 3.14. The second-order valence-corrected chi connectivity index (χ2v) is 6.05. The first kappa shape index (κ1) is 17.2. The van der Waals surface area contributed by atoms with Crippen molar-refractivity contribution in [1.29, 1.82) is 0 Å². The van der Waals surface area contributed by atoms with Gasteiger partial charge in [-0.1, -0.05) is 35.5 Å². The molecular formula is C18H20N2O5. The molecule has 7 nitrogen and oxygen atoms in total. The van der Waals surface area contributed by atoms with Crippen molar-refractivity contribution in [3.05, 3.63) is 53.4 Å². The molecule has 0 bridgehead atoms. The number of carboxylic acid groups (broad SMARTS) is 1. The third-order valence-electron chi connectivity index (χ3n) is 4.53. The molecule has 1 N–H and O–H groups in total. The normalized spacial score (nSPS) is 16.6. The summed E-state index contributed by atoms with van der Waals surface area (Å²) in [4.78, 5) is 25.4. The van der Waals surface area contributed by atoms with E-state index in [1.54, 1.807) is 4.90 Å². The van der Waals surface area contributed by atoms with Crippen molar-refractivity contribution in [1.82, 2.24) is 10.1 Å². The fraction of sp³-hybridized carbons (Fsp3) is 0.389. The number of hydrogen-bond donors (Lipinski definition) is 1. The van der Waals surface area contributed by atoms with E-state index < -0.39 is 12.1 Å². The van der Waals surface area contributed by atoms with Crippen LogP contribution in [-0.2, 0) is 9.53 Å². The highest BCUT2D eigenvalue weighted by Gasteiger charge is 2.31. The third kappa shape index (κ3) is 3.71. The Morgan fingerprint density at radius 1 is 1.28 bits per heavy atom. The van der Waals surface area contributed by atoms with Crippen LogP contribution in [0.5, 0.6) is 0 Å². The van der Waals surface area contributed by atoms with E-state index in [0.29, 0.717) is 31.6 Å². The summed E-state index contributed by atoms with van der Waals surface area (Å²) in [5.74, 6) is -1.24. The minimum Gasteiger partial charge on any atom is -0.475 e. The molecule has 2 heterocycles. The molecule has 1 fully saturated rings. The summed E-state index contributed by atoms with van der Waals surface area (Å²) in [6, 6.07) is 10.9. The summed E-state index contributed by atoms with van der Waals surface area (Å²) < 4.78 is 10.2. The van der Waals surface area contributed by atoms with Gasteiger partial charge in [-0.25, -0.2) is 4.79 Å². The number of hydrogen-bond acceptors (Lipinski definition) is 5. The number of rotatable bonds is 5. The Bertz CT molecular complexity index is 735. The predicted molar refractivity (Wildman–Crippen MR) is 88.2 cm³/mol. The summed E-state index contributed by atoms with van der Waals surface area (Å²) in [6.45, 7) is 1.15. The molecular weight excluding hydrogens is 324 g/mol. The second-order valence-electron chi connectivity index (χ2n) is 6.05. The minimum absolute atomic E-state index is 0.0569. The Balaban J connectivity index is 1.63. The van der Waals surface area contributed by atoms with Gasteiger partial charge in [-0.2, -0.15) is 0 Å². The highest BCUT2D eigenvalue weighted by Crippen LogP contribution is 2.29. The van der Waals surface area contributed by atoms with Crippen LogP contribution in [0, 0.1) is 0 Å². The molecule has 3 rings (SSSR count). The van der Waals surface area contributed by atoms with Crippen molar-refractivity contribution in [3.8, 4) is 0 Å². The third-order valence-corrected chi connectivity index (χ3v) is 4.53. The molecule has 1 aromatic carbocycles. The molecule has 1 aliphatic heterocycles. The van der Waals surface area contributed by atoms with Gasteiger partial charge in [0.25, 0.3) is 5.91 Å². The van der Waals surface area contributed by atoms with Gasteiger partial charge in [0.15, 0.2) is 6.10 Å². The van der Waals surface area contributed by atoms with Crippen LogP contribution in [0.3, 0.4) is 0 Å². The number of benzene rings is 1. The van der Waals surface area contributed by atoms with E-state index in [2.05, 4.69) is 5.16 Å². The lowest BCUT2D eigenvalue weighted by Gasteiger charge is -2.33. The highest BCUT2D eigenvalue weighted by atomic mass is 16.5. The minimum atomic E-state index is -1.13. The number of carbonyl (C=O) groups is 2. The number of aromatic nitrogens is 1. The zero-order valence-corrected chi connectivity index (χ0v) is 13.9. The first-order valence-corrected chi connectivity index (χ1v) is 8.16. The zero-order chi connectivity index (χ0) is 17.8. The van der Waals surface area contributed by atoms with E-state index in [-0.39, 0.29) is 17.6 Å². The summed E-state index contributed by atoms with van der Waals surface area (Å²) in [5, 5.41) is 12.8. The Hall–Kier alpha value is -2.67. The fourth-order valence-corrected chi connectivity index (χ4v) is 3.15. The quantitative estimate of drug-likeness (QED) is 0.896. The first-order valence-electron chi connectivity index (χ1n) is 8.16. The van der Waals surface area contributed by atoms with Crippen molar-refractivity contribution in [2.45, 2.75) is 24.9 Å². The van der Waals surface area contributed by atoms with E-state index in [1.807, 2.05) is 30.3 Å². The molecule has 1 aliphatic rings. The van der Waals surface area contributed by atoms with Crippen LogP contribution in [0.4, 0.5) is 0 Å². The number of piperidine rings is 1. The standard InChI is InChI=1S/C18H20N2O5/c1-24-16(13-5-3-2-4-6-13)17(21)20-9-7-12(8-10-20)14-11-15(18(22)23)25-19-14/h2-6,11-12,16H,7-10H2,1H3,(H,22,23)/t16-/m1/s1. The fourth-order valence-electron chi connectivity index (χ4n) is 3.15. The maximum absolute atomic E-state index is 12.8. The van der Waals surface area contributed by atoms with Crippen molar-refractivity contribution < 1.29 is 24.0 Å². The lowest BCUT2D eigenvalue weighted by molar-refractivity contribution is -0.143. The van der Waals surface area contributed by atoms with Gasteiger partial charge >= 0.3 is 5.97 Å². The molecule has 7 heteroatoms. The number of methoxy groups -OCH3 is 1. The molecule has 0 unspecified atom stereocenters. The molecule has 25 heavy (non-hydrogen) atoms. The topological polar surface area (TPSA) is 92.9 Å². The Morgan fingerprint density at radius 3 is 2.52 bits per heavy atom. The summed E-state index contributed by atoms with van der Waals surface area (Å²) in [7, 11) is 1.53. The second kappa shape index (κ2) is 7.48. The Labute approximate surface area is 145 Å². The van der Waals surface area contributed by atoms with Crippen LogP contribution in [0.1, 0.15) is 46.7 Å². The van der Waals surface area contributed by atoms with Crippen molar-refractivity contribution in [2.75, 3.05) is 20.2 Å². The maximum Gasteiger partial charge on any atom is 0.374 e. The number of nitrogens with zero attached hydrogens (tertiary/aromatic N) is 2. The highest BCUT2D eigenvalue weighted by molar-refractivity contribution is 5.84. The van der Waals surface area contributed by atoms with Gasteiger partial charge in [-0.3, -0.25) is 4.79 Å². The maximum atomic E-state index is 12.8. The number of amides is 1. The average molecular weight is 344 g/mol. The van der Waals surface area contributed by atoms with Gasteiger partial charge in [0.1, 0.15) is 0 Å². The van der Waals surface area contributed by atoms with E-state index in [0.717, 1.165) is 5.56 Å². The summed E-state index contributed by atoms with van der Waals surface area (Å²) in [6.07, 6.45) is 0.814. The number of carbonyl (C=O) groups excluding carboxylic acids is 1. The molecule has 2 aromatic rings. The lowest BCUT2D eigenvalue weighted by Crippen LogP contribution is -2.41. The van der Waals surface area contributed by atoms with Crippen LogP contribution in [0.2, 0.25) is 0 Å². The van der Waals surface area contributed by atoms with Gasteiger partial charge in [0.05, 0.1) is 5.69 Å². The number of likely N-dealkylation sites (tertiary alicyclic amines) is 1. The van der Waals surface area contributed by atoms with Crippen LogP contribution < -0.4 is 0 Å². The molecule has 0 aliphatic carbocycles. The van der Waals surface area contributed by atoms with Crippen molar-refractivity contribution >= 4 is 11.9 Å². The van der Waals surface area contributed by atoms with E-state index in [9.17, 15) is 9.59 Å². The van der Waals surface area contributed by atoms with Gasteiger partial charge in [-0.15, -0.1) is 0 Å². The lowest BCUT2D eigenvalue weighted by atomic mass is 9.93. The van der Waals surface area contributed by atoms with Gasteiger partial charge in [0.2, 0.25) is 5.76 Å². The first-order chi connectivity index (χ1) is 12.1. The summed E-state index contributed by atoms with van der Waals surface area (Å²) >= 11 is 0. The van der Waals surface area contributed by atoms with Crippen LogP contribution in [0.25, 0.3) is 0 Å². The van der Waals surface area contributed by atoms with Crippen LogP contribution >= 0.6 is 0 Å². The SMILES string of the molecule is CO[C@@H](C(=O)N1CCC(c2cc(C(=O)O)on2)CC1)c1ccccc1. The molecule has 0 radical (unpaired) electrons. The summed E-state index contributed by atoms with van der Waals surface area (Å²) in [5.41, 5.74) is 1.47. The predicted octanol–water partition coefficient (Wildman–Crippen LogP) is 2.47.